The number of carbonyl (C=O) groups is 2. The minimum atomic E-state index is -0.936. The van der Waals surface area contributed by atoms with Gasteiger partial charge in [-0.15, -0.1) is 21.5 Å². The van der Waals surface area contributed by atoms with Crippen molar-refractivity contribution < 1.29 is 19.5 Å². The van der Waals surface area contributed by atoms with Crippen LogP contribution in [0.2, 0.25) is 0 Å². The quantitative estimate of drug-likeness (QED) is 0.450. The lowest BCUT2D eigenvalue weighted by molar-refractivity contribution is -0.757. The lowest BCUT2D eigenvalue weighted by Gasteiger charge is -2.09. The zero-order valence-electron chi connectivity index (χ0n) is 10.3. The Morgan fingerprint density at radius 1 is 1.63 bits per heavy atom. The number of amides is 2. The average molecular weight is 288 g/mol. The summed E-state index contributed by atoms with van der Waals surface area (Å²) in [6, 6.07) is 0. The lowest BCUT2D eigenvalue weighted by Crippen LogP contribution is -2.28. The number of hydrogen-bond donors (Lipinski definition) is 1. The van der Waals surface area contributed by atoms with Crippen LogP contribution in [0.4, 0.5) is 5.13 Å². The number of hydrogen-bond acceptors (Lipinski definition) is 7. The Labute approximate surface area is 112 Å². The SMILES string of the molecule is CC(=O)N(C)c1nc(C(=O)NCCO[N+](=O)[O-])cs1. The molecular weight excluding hydrogens is 276 g/mol. The van der Waals surface area contributed by atoms with Crippen molar-refractivity contribution in [3.8, 4) is 0 Å². The Hall–Kier alpha value is -2.23. The first-order valence-electron chi connectivity index (χ1n) is 5.17. The summed E-state index contributed by atoms with van der Waals surface area (Å²) in [5.41, 5.74) is 0.147. The van der Waals surface area contributed by atoms with Crippen LogP contribution in [0.3, 0.4) is 0 Å². The number of anilines is 1. The zero-order valence-corrected chi connectivity index (χ0v) is 11.1. The van der Waals surface area contributed by atoms with E-state index >= 15 is 0 Å². The van der Waals surface area contributed by atoms with Crippen molar-refractivity contribution in [2.24, 2.45) is 0 Å². The van der Waals surface area contributed by atoms with Crippen LogP contribution in [-0.2, 0) is 9.63 Å². The summed E-state index contributed by atoms with van der Waals surface area (Å²) < 4.78 is 0. The van der Waals surface area contributed by atoms with Crippen LogP contribution in [0.15, 0.2) is 5.38 Å². The van der Waals surface area contributed by atoms with Gasteiger partial charge in [0.2, 0.25) is 5.91 Å². The van der Waals surface area contributed by atoms with Crippen LogP contribution in [0.25, 0.3) is 0 Å². The van der Waals surface area contributed by atoms with Gasteiger partial charge in [0.1, 0.15) is 12.3 Å². The van der Waals surface area contributed by atoms with Gasteiger partial charge in [0, 0.05) is 25.9 Å². The molecule has 1 aromatic rings. The third kappa shape index (κ3) is 4.50. The maximum absolute atomic E-state index is 11.6. The molecule has 0 aliphatic rings. The van der Waals surface area contributed by atoms with Gasteiger partial charge in [-0.05, 0) is 0 Å². The summed E-state index contributed by atoms with van der Waals surface area (Å²) >= 11 is 1.15. The van der Waals surface area contributed by atoms with E-state index in [2.05, 4.69) is 15.1 Å². The highest BCUT2D eigenvalue weighted by Gasteiger charge is 2.14. The summed E-state index contributed by atoms with van der Waals surface area (Å²) in [5, 5.41) is 13.3. The molecule has 0 fully saturated rings. The maximum Gasteiger partial charge on any atom is 0.294 e. The summed E-state index contributed by atoms with van der Waals surface area (Å²) in [4.78, 5) is 41.9. The number of rotatable bonds is 6. The van der Waals surface area contributed by atoms with E-state index in [1.165, 1.54) is 17.2 Å². The monoisotopic (exact) mass is 288 g/mol. The molecule has 0 spiro atoms. The topological polar surface area (TPSA) is 115 Å². The normalized spacial score (nSPS) is 9.79. The molecular formula is C9H12N4O5S. The third-order valence-corrected chi connectivity index (χ3v) is 2.99. The van der Waals surface area contributed by atoms with Gasteiger partial charge >= 0.3 is 0 Å². The Kier molecular flexibility index (Phi) is 5.18. The Morgan fingerprint density at radius 3 is 2.89 bits per heavy atom. The molecule has 0 unspecified atom stereocenters. The van der Waals surface area contributed by atoms with Crippen molar-refractivity contribution in [2.45, 2.75) is 6.92 Å². The lowest BCUT2D eigenvalue weighted by atomic mass is 10.4. The van der Waals surface area contributed by atoms with E-state index in [1.807, 2.05) is 0 Å². The molecule has 0 radical (unpaired) electrons. The molecule has 0 aliphatic heterocycles. The van der Waals surface area contributed by atoms with Crippen LogP contribution in [0, 0.1) is 10.1 Å². The van der Waals surface area contributed by atoms with E-state index < -0.39 is 11.0 Å². The molecule has 0 saturated heterocycles. The molecule has 0 bridgehead atoms. The van der Waals surface area contributed by atoms with Crippen LogP contribution in [-0.4, -0.2) is 42.1 Å². The second-order valence-corrected chi connectivity index (χ2v) is 4.24. The molecule has 9 nitrogen and oxygen atoms in total. The summed E-state index contributed by atoms with van der Waals surface area (Å²) in [6.45, 7) is 1.15. The summed E-state index contributed by atoms with van der Waals surface area (Å²) in [6.07, 6.45) is 0. The van der Waals surface area contributed by atoms with Gasteiger partial charge in [0.05, 0.1) is 0 Å². The van der Waals surface area contributed by atoms with Crippen molar-refractivity contribution in [3.63, 3.8) is 0 Å². The van der Waals surface area contributed by atoms with Crippen molar-refractivity contribution in [1.82, 2.24) is 10.3 Å². The molecule has 1 heterocycles. The van der Waals surface area contributed by atoms with Crippen molar-refractivity contribution in [3.05, 3.63) is 21.2 Å². The van der Waals surface area contributed by atoms with E-state index in [1.54, 1.807) is 7.05 Å². The van der Waals surface area contributed by atoms with Crippen LogP contribution in [0.5, 0.6) is 0 Å². The highest BCUT2D eigenvalue weighted by Crippen LogP contribution is 2.19. The van der Waals surface area contributed by atoms with Crippen LogP contribution in [0.1, 0.15) is 17.4 Å². The molecule has 0 saturated carbocycles. The molecule has 104 valence electrons. The average Bonchev–Trinajstić information content (AvgIpc) is 2.82. The fourth-order valence-electron chi connectivity index (χ4n) is 1.03. The summed E-state index contributed by atoms with van der Waals surface area (Å²) in [5.74, 6) is -0.674. The standard InChI is InChI=1S/C9H12N4O5S/c1-6(14)12(2)9-11-7(5-19-9)8(15)10-3-4-18-13(16)17/h5H,3-4H2,1-2H3,(H,10,15). The number of thiazole rings is 1. The molecule has 0 atom stereocenters. The highest BCUT2D eigenvalue weighted by molar-refractivity contribution is 7.14. The maximum atomic E-state index is 11.6. The van der Waals surface area contributed by atoms with Gasteiger partial charge in [-0.3, -0.25) is 14.5 Å². The first-order valence-corrected chi connectivity index (χ1v) is 6.05. The number of aromatic nitrogens is 1. The second-order valence-electron chi connectivity index (χ2n) is 3.41. The molecule has 10 heteroatoms. The molecule has 1 N–H and O–H groups in total. The van der Waals surface area contributed by atoms with Gasteiger partial charge in [-0.1, -0.05) is 0 Å². The molecule has 1 aromatic heterocycles. The highest BCUT2D eigenvalue weighted by atomic mass is 32.1. The molecule has 0 aliphatic carbocycles. The van der Waals surface area contributed by atoms with E-state index in [-0.39, 0.29) is 24.8 Å². The summed E-state index contributed by atoms with van der Waals surface area (Å²) in [7, 11) is 1.55. The third-order valence-electron chi connectivity index (χ3n) is 2.07. The minimum Gasteiger partial charge on any atom is -0.349 e. The minimum absolute atomic E-state index is 0.00474. The zero-order chi connectivity index (χ0) is 14.4. The fourth-order valence-corrected chi connectivity index (χ4v) is 1.85. The molecule has 1 rings (SSSR count). The largest absolute Gasteiger partial charge is 0.349 e. The van der Waals surface area contributed by atoms with E-state index in [0.717, 1.165) is 11.3 Å². The van der Waals surface area contributed by atoms with Gasteiger partial charge < -0.3 is 10.2 Å². The van der Waals surface area contributed by atoms with Crippen LogP contribution < -0.4 is 10.2 Å². The Bertz CT molecular complexity index is 489. The van der Waals surface area contributed by atoms with E-state index in [4.69, 9.17) is 0 Å². The number of carbonyl (C=O) groups excluding carboxylic acids is 2. The number of nitrogens with zero attached hydrogens (tertiary/aromatic N) is 3. The molecule has 19 heavy (non-hydrogen) atoms. The number of nitrogens with one attached hydrogen (secondary N) is 1. The van der Waals surface area contributed by atoms with Gasteiger partial charge in [-0.25, -0.2) is 4.98 Å². The predicted octanol–water partition coefficient (Wildman–Crippen LogP) is 0.0639. The van der Waals surface area contributed by atoms with E-state index in [9.17, 15) is 19.7 Å². The molecule has 0 aromatic carbocycles. The first-order chi connectivity index (χ1) is 8.91. The second kappa shape index (κ2) is 6.64. The fraction of sp³-hybridized carbons (Fsp3) is 0.444. The predicted molar refractivity (Wildman–Crippen MR) is 66.5 cm³/mol. The van der Waals surface area contributed by atoms with Crippen LogP contribution >= 0.6 is 11.3 Å². The van der Waals surface area contributed by atoms with Crippen molar-refractivity contribution in [1.29, 1.82) is 0 Å². The Morgan fingerprint density at radius 2 is 2.32 bits per heavy atom. The Balaban J connectivity index is 2.49. The molecule has 2 amide bonds. The van der Waals surface area contributed by atoms with Gasteiger partial charge in [0.15, 0.2) is 5.13 Å². The van der Waals surface area contributed by atoms with E-state index in [0.29, 0.717) is 5.13 Å². The van der Waals surface area contributed by atoms with Gasteiger partial charge in [-0.2, -0.15) is 0 Å². The first kappa shape index (κ1) is 14.8. The van der Waals surface area contributed by atoms with Crippen molar-refractivity contribution in [2.75, 3.05) is 25.1 Å². The van der Waals surface area contributed by atoms with Crippen molar-refractivity contribution >= 4 is 28.3 Å². The van der Waals surface area contributed by atoms with Gasteiger partial charge in [0.25, 0.3) is 11.0 Å². The smallest absolute Gasteiger partial charge is 0.294 e.